The number of alkyl halides is 3. The number of nitrogens with zero attached hydrogens (tertiary/aromatic N) is 2. The molecule has 1 aromatic heterocycles. The molecule has 1 atom stereocenters. The van der Waals surface area contributed by atoms with Gasteiger partial charge in [0, 0.05) is 11.1 Å². The van der Waals surface area contributed by atoms with Gasteiger partial charge < -0.3 is 15.2 Å². The monoisotopic (exact) mass is 473 g/mol. The molecule has 6 nitrogen and oxygen atoms in total. The van der Waals surface area contributed by atoms with Crippen LogP contribution in [0.2, 0.25) is 0 Å². The van der Waals surface area contributed by atoms with Gasteiger partial charge in [0.25, 0.3) is 0 Å². The van der Waals surface area contributed by atoms with E-state index in [2.05, 4.69) is 15.2 Å². The lowest BCUT2D eigenvalue weighted by molar-refractivity contribution is -0.260. The Kier molecular flexibility index (Phi) is 6.01. The van der Waals surface area contributed by atoms with Crippen molar-refractivity contribution in [3.8, 4) is 5.69 Å². The molecule has 0 aliphatic carbocycles. The normalized spacial score (nSPS) is 13.5. The van der Waals surface area contributed by atoms with E-state index in [1.165, 1.54) is 84.7 Å². The minimum atomic E-state index is -5.01. The van der Waals surface area contributed by atoms with Crippen LogP contribution < -0.4 is 5.32 Å². The maximum absolute atomic E-state index is 14.0. The Hall–Kier alpha value is -3.92. The van der Waals surface area contributed by atoms with Crippen molar-refractivity contribution in [3.05, 3.63) is 89.9 Å². The Bertz CT molecular complexity index is 1340. The van der Waals surface area contributed by atoms with Gasteiger partial charge in [0.1, 0.15) is 5.82 Å². The summed E-state index contributed by atoms with van der Waals surface area (Å²) in [7, 11) is 1.19. The van der Waals surface area contributed by atoms with Crippen LogP contribution in [0.3, 0.4) is 0 Å². The van der Waals surface area contributed by atoms with Crippen LogP contribution in [0.4, 0.5) is 23.2 Å². The number of aromatic nitrogens is 2. The molecule has 0 bridgehead atoms. The topological polar surface area (TPSA) is 76.4 Å². The van der Waals surface area contributed by atoms with Crippen molar-refractivity contribution in [2.75, 3.05) is 19.0 Å². The molecule has 0 saturated heterocycles. The van der Waals surface area contributed by atoms with Gasteiger partial charge in [-0.25, -0.2) is 13.9 Å². The molecule has 4 aromatic rings. The smallest absolute Gasteiger partial charge is 0.423 e. The van der Waals surface area contributed by atoms with Crippen molar-refractivity contribution in [1.82, 2.24) is 9.78 Å². The van der Waals surface area contributed by atoms with Gasteiger partial charge in [-0.15, -0.1) is 0 Å². The fourth-order valence-corrected chi connectivity index (χ4v) is 3.55. The Balaban J connectivity index is 1.66. The molecule has 1 heterocycles. The molecule has 0 fully saturated rings. The number of aliphatic hydroxyl groups is 1. The van der Waals surface area contributed by atoms with E-state index >= 15 is 0 Å². The first kappa shape index (κ1) is 23.2. The van der Waals surface area contributed by atoms with E-state index in [1.54, 1.807) is 0 Å². The summed E-state index contributed by atoms with van der Waals surface area (Å²) in [5.74, 6) is -1.07. The summed E-state index contributed by atoms with van der Waals surface area (Å²) in [4.78, 5) is 11.7. The molecule has 1 unspecified atom stereocenters. The SMILES string of the molecule is COC(=O)c1cccc(NCC(O)(c2ccc3c(cnn3-c3ccc(F)cc3)c2)C(F)(F)F)c1. The van der Waals surface area contributed by atoms with Crippen molar-refractivity contribution in [3.63, 3.8) is 0 Å². The first-order valence-corrected chi connectivity index (χ1v) is 10.1. The minimum Gasteiger partial charge on any atom is -0.465 e. The van der Waals surface area contributed by atoms with Crippen LogP contribution >= 0.6 is 0 Å². The third-order valence-electron chi connectivity index (χ3n) is 5.42. The molecule has 0 saturated carbocycles. The van der Waals surface area contributed by atoms with E-state index in [1.807, 2.05) is 0 Å². The molecule has 0 aliphatic rings. The molecule has 0 spiro atoms. The number of halogens is 4. The zero-order chi connectivity index (χ0) is 24.5. The largest absolute Gasteiger partial charge is 0.465 e. The predicted molar refractivity (Wildman–Crippen MR) is 117 cm³/mol. The third kappa shape index (κ3) is 4.32. The van der Waals surface area contributed by atoms with Gasteiger partial charge in [0.2, 0.25) is 5.60 Å². The number of methoxy groups -OCH3 is 1. The summed E-state index contributed by atoms with van der Waals surface area (Å²) in [6.45, 7) is -0.904. The second kappa shape index (κ2) is 8.79. The molecule has 0 aliphatic heterocycles. The van der Waals surface area contributed by atoms with E-state index in [4.69, 9.17) is 0 Å². The second-order valence-electron chi connectivity index (χ2n) is 7.59. The van der Waals surface area contributed by atoms with Crippen LogP contribution in [0.25, 0.3) is 16.6 Å². The molecule has 4 rings (SSSR count). The lowest BCUT2D eigenvalue weighted by atomic mass is 9.92. The Morgan fingerprint density at radius 2 is 1.82 bits per heavy atom. The lowest BCUT2D eigenvalue weighted by Crippen LogP contribution is -2.47. The Morgan fingerprint density at radius 3 is 2.50 bits per heavy atom. The molecule has 34 heavy (non-hydrogen) atoms. The fourth-order valence-electron chi connectivity index (χ4n) is 3.55. The van der Waals surface area contributed by atoms with Crippen molar-refractivity contribution >= 4 is 22.6 Å². The maximum Gasteiger partial charge on any atom is 0.423 e. The summed E-state index contributed by atoms with van der Waals surface area (Å²) in [6, 6.07) is 15.0. The van der Waals surface area contributed by atoms with Gasteiger partial charge >= 0.3 is 12.1 Å². The average Bonchev–Trinajstić information content (AvgIpc) is 3.25. The van der Waals surface area contributed by atoms with Crippen LogP contribution in [-0.4, -0.2) is 40.7 Å². The predicted octanol–water partition coefficient (Wildman–Crippen LogP) is 4.81. The zero-order valence-electron chi connectivity index (χ0n) is 17.8. The summed E-state index contributed by atoms with van der Waals surface area (Å²) in [6.07, 6.45) is -3.65. The molecular weight excluding hydrogens is 454 g/mol. The van der Waals surface area contributed by atoms with Crippen LogP contribution in [0.5, 0.6) is 0 Å². The zero-order valence-corrected chi connectivity index (χ0v) is 17.8. The van der Waals surface area contributed by atoms with Crippen LogP contribution in [-0.2, 0) is 10.3 Å². The van der Waals surface area contributed by atoms with E-state index in [-0.39, 0.29) is 16.8 Å². The number of esters is 1. The number of carbonyl (C=O) groups excluding carboxylic acids is 1. The molecule has 176 valence electrons. The van der Waals surface area contributed by atoms with Gasteiger partial charge in [-0.05, 0) is 60.2 Å². The summed E-state index contributed by atoms with van der Waals surface area (Å²) >= 11 is 0. The number of anilines is 1. The molecule has 0 amide bonds. The van der Waals surface area contributed by atoms with Gasteiger partial charge in [-0.2, -0.15) is 18.3 Å². The quantitative estimate of drug-likeness (QED) is 0.311. The highest BCUT2D eigenvalue weighted by Gasteiger charge is 2.55. The van der Waals surface area contributed by atoms with Crippen molar-refractivity contribution in [2.45, 2.75) is 11.8 Å². The Morgan fingerprint density at radius 1 is 1.09 bits per heavy atom. The molecular formula is C24H19F4N3O3. The van der Waals surface area contributed by atoms with Gasteiger partial charge in [0.15, 0.2) is 0 Å². The fraction of sp³-hybridized carbons (Fsp3) is 0.167. The summed E-state index contributed by atoms with van der Waals surface area (Å²) in [5.41, 5.74) is -2.25. The number of nitrogens with one attached hydrogen (secondary N) is 1. The number of rotatable bonds is 6. The Labute approximate surface area is 191 Å². The van der Waals surface area contributed by atoms with Crippen LogP contribution in [0.1, 0.15) is 15.9 Å². The highest BCUT2D eigenvalue weighted by molar-refractivity contribution is 5.90. The van der Waals surface area contributed by atoms with E-state index < -0.39 is 30.1 Å². The van der Waals surface area contributed by atoms with Gasteiger partial charge in [0.05, 0.1) is 36.6 Å². The van der Waals surface area contributed by atoms with Crippen molar-refractivity contribution in [1.29, 1.82) is 0 Å². The highest BCUT2D eigenvalue weighted by Crippen LogP contribution is 2.40. The molecule has 3 aromatic carbocycles. The second-order valence-corrected chi connectivity index (χ2v) is 7.59. The number of hydrogen-bond acceptors (Lipinski definition) is 5. The molecule has 0 radical (unpaired) electrons. The number of hydrogen-bond donors (Lipinski definition) is 2. The molecule has 10 heteroatoms. The van der Waals surface area contributed by atoms with Gasteiger partial charge in [-0.3, -0.25) is 0 Å². The first-order chi connectivity index (χ1) is 16.1. The minimum absolute atomic E-state index is 0.151. The number of benzene rings is 3. The van der Waals surface area contributed by atoms with Crippen LogP contribution in [0, 0.1) is 5.82 Å². The maximum atomic E-state index is 14.0. The van der Waals surface area contributed by atoms with E-state index in [0.717, 1.165) is 0 Å². The van der Waals surface area contributed by atoms with Crippen molar-refractivity contribution in [2.24, 2.45) is 0 Å². The first-order valence-electron chi connectivity index (χ1n) is 10.1. The number of ether oxygens (including phenoxy) is 1. The standard InChI is InChI=1S/C24H19F4N3O3/c1-34-22(32)15-3-2-4-19(12-15)29-14-23(33,24(26,27)28)17-5-10-21-16(11-17)13-30-31(21)20-8-6-18(25)7-9-20/h2-13,29,33H,14H2,1H3. The lowest BCUT2D eigenvalue weighted by Gasteiger charge is -2.31. The van der Waals surface area contributed by atoms with Crippen LogP contribution in [0.15, 0.2) is 72.9 Å². The third-order valence-corrected chi connectivity index (χ3v) is 5.42. The average molecular weight is 473 g/mol. The highest BCUT2D eigenvalue weighted by atomic mass is 19.4. The number of carbonyl (C=O) groups is 1. The van der Waals surface area contributed by atoms with E-state index in [0.29, 0.717) is 16.6 Å². The van der Waals surface area contributed by atoms with E-state index in [9.17, 15) is 27.5 Å². The summed E-state index contributed by atoms with van der Waals surface area (Å²) < 4.78 is 61.4. The molecule has 2 N–H and O–H groups in total. The van der Waals surface area contributed by atoms with Crippen molar-refractivity contribution < 1.29 is 32.2 Å². The number of fused-ring (bicyclic) bond motifs is 1. The van der Waals surface area contributed by atoms with Gasteiger partial charge in [-0.1, -0.05) is 12.1 Å². The summed E-state index contributed by atoms with van der Waals surface area (Å²) in [5, 5.41) is 17.9.